The summed E-state index contributed by atoms with van der Waals surface area (Å²) in [6.07, 6.45) is 2.68. The molecule has 6 rings (SSSR count). The van der Waals surface area contributed by atoms with E-state index in [1.54, 1.807) is 29.2 Å². The summed E-state index contributed by atoms with van der Waals surface area (Å²) in [6.45, 7) is 2.88. The summed E-state index contributed by atoms with van der Waals surface area (Å²) in [5.74, 6) is -1.54. The first-order valence-corrected chi connectivity index (χ1v) is 14.9. The summed E-state index contributed by atoms with van der Waals surface area (Å²) < 4.78 is 12.0. The number of aliphatic hydroxyl groups excluding tert-OH is 1. The Morgan fingerprint density at radius 1 is 0.976 bits per heavy atom. The normalized spacial score (nSPS) is 26.0. The molecule has 3 heterocycles. The molecule has 0 aromatic heterocycles. The van der Waals surface area contributed by atoms with E-state index in [9.17, 15) is 19.5 Å². The van der Waals surface area contributed by atoms with Crippen LogP contribution in [0.1, 0.15) is 39.0 Å². The quantitative estimate of drug-likeness (QED) is 0.295. The van der Waals surface area contributed by atoms with Crippen LogP contribution in [0.3, 0.4) is 0 Å². The molecule has 0 saturated carbocycles. The smallest absolute Gasteiger partial charge is 0.250 e. The van der Waals surface area contributed by atoms with Gasteiger partial charge >= 0.3 is 0 Å². The molecule has 3 aromatic carbocycles. The summed E-state index contributed by atoms with van der Waals surface area (Å²) in [5, 5.41) is 17.3. The van der Waals surface area contributed by atoms with Crippen molar-refractivity contribution in [2.75, 3.05) is 30.4 Å². The van der Waals surface area contributed by atoms with Crippen LogP contribution < -0.4 is 15.4 Å². The Bertz CT molecular complexity index is 1480. The largest absolute Gasteiger partial charge is 0.494 e. The number of anilines is 2. The molecule has 3 saturated heterocycles. The highest BCUT2D eigenvalue weighted by atomic mass is 16.5. The van der Waals surface area contributed by atoms with Gasteiger partial charge < -0.3 is 30.1 Å². The van der Waals surface area contributed by atoms with E-state index in [0.29, 0.717) is 56.0 Å². The highest BCUT2D eigenvalue weighted by Crippen LogP contribution is 2.58. The Morgan fingerprint density at radius 3 is 2.48 bits per heavy atom. The van der Waals surface area contributed by atoms with E-state index in [0.717, 1.165) is 17.2 Å². The lowest BCUT2D eigenvalue weighted by Gasteiger charge is -2.33. The van der Waals surface area contributed by atoms with Crippen molar-refractivity contribution in [2.24, 2.45) is 11.8 Å². The summed E-state index contributed by atoms with van der Waals surface area (Å²) in [4.78, 5) is 43.4. The minimum absolute atomic E-state index is 0.0744. The number of amides is 3. The summed E-state index contributed by atoms with van der Waals surface area (Å²) in [6, 6.07) is 19.9. The molecular weight excluding hydrogens is 534 g/mol. The Labute approximate surface area is 245 Å². The second-order valence-electron chi connectivity index (χ2n) is 11.4. The van der Waals surface area contributed by atoms with Gasteiger partial charge in [0.25, 0.3) is 0 Å². The van der Waals surface area contributed by atoms with E-state index in [2.05, 4.69) is 10.6 Å². The number of hydrogen-bond acceptors (Lipinski definition) is 6. The maximum absolute atomic E-state index is 14.1. The van der Waals surface area contributed by atoms with Gasteiger partial charge in [0.15, 0.2) is 0 Å². The zero-order valence-corrected chi connectivity index (χ0v) is 23.8. The van der Waals surface area contributed by atoms with Crippen LogP contribution >= 0.6 is 0 Å². The summed E-state index contributed by atoms with van der Waals surface area (Å²) in [5.41, 5.74) is 0.182. The van der Waals surface area contributed by atoms with Crippen LogP contribution in [0.4, 0.5) is 11.4 Å². The number of carbonyl (C=O) groups is 3. The van der Waals surface area contributed by atoms with Crippen LogP contribution in [0, 0.1) is 11.8 Å². The van der Waals surface area contributed by atoms with Crippen molar-refractivity contribution < 1.29 is 29.0 Å². The second kappa shape index (κ2) is 11.7. The molecule has 42 heavy (non-hydrogen) atoms. The molecule has 9 heteroatoms. The lowest BCUT2D eigenvalue weighted by Crippen LogP contribution is -2.53. The molecule has 5 atom stereocenters. The molecule has 9 nitrogen and oxygen atoms in total. The van der Waals surface area contributed by atoms with Crippen LogP contribution in [0.15, 0.2) is 66.7 Å². The van der Waals surface area contributed by atoms with E-state index in [4.69, 9.17) is 9.47 Å². The third kappa shape index (κ3) is 5.01. The predicted molar refractivity (Wildman–Crippen MR) is 159 cm³/mol. The van der Waals surface area contributed by atoms with Gasteiger partial charge in [-0.2, -0.15) is 0 Å². The first-order valence-electron chi connectivity index (χ1n) is 14.9. The van der Waals surface area contributed by atoms with Crippen molar-refractivity contribution in [3.05, 3.63) is 66.7 Å². The SMILES string of the molecule is CCOc1ccc(NC(=O)[C@@H]2[C@@H]3CCC4(O3)C(C(=O)Nc3ccc5ccccc5c3)N(CCCCCO)C(=O)[C@H]24)cc1. The third-order valence-electron chi connectivity index (χ3n) is 8.86. The highest BCUT2D eigenvalue weighted by molar-refractivity contribution is 6.05. The number of unbranched alkanes of at least 4 members (excludes halogenated alkanes) is 2. The van der Waals surface area contributed by atoms with E-state index < -0.39 is 29.6 Å². The molecule has 3 fully saturated rings. The number of benzene rings is 3. The fourth-order valence-corrected chi connectivity index (χ4v) is 7.07. The maximum atomic E-state index is 14.1. The molecule has 220 valence electrons. The Kier molecular flexibility index (Phi) is 7.88. The first-order chi connectivity index (χ1) is 20.4. The Hall–Kier alpha value is -3.95. The lowest BCUT2D eigenvalue weighted by atomic mass is 9.70. The monoisotopic (exact) mass is 571 g/mol. The van der Waals surface area contributed by atoms with Gasteiger partial charge in [-0.25, -0.2) is 0 Å². The molecule has 0 aliphatic carbocycles. The van der Waals surface area contributed by atoms with Crippen LogP contribution in [-0.2, 0) is 19.1 Å². The molecular formula is C33H37N3O6. The minimum Gasteiger partial charge on any atom is -0.494 e. The molecule has 3 amide bonds. The van der Waals surface area contributed by atoms with Crippen LogP contribution in [0.25, 0.3) is 10.8 Å². The number of aliphatic hydroxyl groups is 1. The third-order valence-corrected chi connectivity index (χ3v) is 8.86. The average Bonchev–Trinajstić information content (AvgIpc) is 3.64. The van der Waals surface area contributed by atoms with Gasteiger partial charge in [-0.05, 0) is 86.2 Å². The van der Waals surface area contributed by atoms with Crippen molar-refractivity contribution >= 4 is 39.9 Å². The average molecular weight is 572 g/mol. The topological polar surface area (TPSA) is 117 Å². The molecule has 0 radical (unpaired) electrons. The zero-order valence-electron chi connectivity index (χ0n) is 23.8. The van der Waals surface area contributed by atoms with Gasteiger partial charge in [0.2, 0.25) is 17.7 Å². The first kappa shape index (κ1) is 28.2. The predicted octanol–water partition coefficient (Wildman–Crippen LogP) is 4.35. The Balaban J connectivity index is 1.26. The van der Waals surface area contributed by atoms with Crippen molar-refractivity contribution in [1.29, 1.82) is 0 Å². The molecule has 2 bridgehead atoms. The number of fused-ring (bicyclic) bond motifs is 2. The van der Waals surface area contributed by atoms with Gasteiger partial charge in [0, 0.05) is 24.5 Å². The van der Waals surface area contributed by atoms with Gasteiger partial charge in [0.05, 0.1) is 24.5 Å². The van der Waals surface area contributed by atoms with Crippen molar-refractivity contribution in [3.63, 3.8) is 0 Å². The van der Waals surface area contributed by atoms with Gasteiger partial charge in [-0.3, -0.25) is 14.4 Å². The highest BCUT2D eigenvalue weighted by Gasteiger charge is 2.74. The fourth-order valence-electron chi connectivity index (χ4n) is 7.07. The van der Waals surface area contributed by atoms with E-state index >= 15 is 0 Å². The standard InChI is InChI=1S/C33H37N3O6/c1-2-41-25-14-12-23(13-15-25)34-30(38)27-26-16-17-33(42-26)28(27)32(40)36(18-6-3-7-19-37)29(33)31(39)35-24-11-10-21-8-4-5-9-22(21)20-24/h4-5,8-15,20,26-29,37H,2-3,6-7,16-19H2,1H3,(H,34,38)(H,35,39)/t26-,27+,28-,29?,33?/m0/s1. The molecule has 3 N–H and O–H groups in total. The fraction of sp³-hybridized carbons (Fsp3) is 0.424. The maximum Gasteiger partial charge on any atom is 0.250 e. The summed E-state index contributed by atoms with van der Waals surface area (Å²) in [7, 11) is 0. The number of nitrogens with one attached hydrogen (secondary N) is 2. The molecule has 3 aliphatic heterocycles. The minimum atomic E-state index is -1.07. The zero-order chi connectivity index (χ0) is 29.3. The van der Waals surface area contributed by atoms with Crippen LogP contribution in [0.5, 0.6) is 5.75 Å². The summed E-state index contributed by atoms with van der Waals surface area (Å²) >= 11 is 0. The van der Waals surface area contributed by atoms with Crippen LogP contribution in [-0.4, -0.2) is 65.2 Å². The van der Waals surface area contributed by atoms with E-state index in [1.807, 2.05) is 49.4 Å². The van der Waals surface area contributed by atoms with Gasteiger partial charge in [0.1, 0.15) is 17.4 Å². The lowest BCUT2D eigenvalue weighted by molar-refractivity contribution is -0.139. The second-order valence-corrected chi connectivity index (χ2v) is 11.4. The van der Waals surface area contributed by atoms with Crippen molar-refractivity contribution in [3.8, 4) is 5.75 Å². The van der Waals surface area contributed by atoms with E-state index in [1.165, 1.54) is 0 Å². The molecule has 2 unspecified atom stereocenters. The number of ether oxygens (including phenoxy) is 2. The van der Waals surface area contributed by atoms with Crippen molar-refractivity contribution in [1.82, 2.24) is 4.90 Å². The Morgan fingerprint density at radius 2 is 1.71 bits per heavy atom. The number of hydrogen-bond donors (Lipinski definition) is 3. The number of carbonyl (C=O) groups excluding carboxylic acids is 3. The molecule has 3 aliphatic rings. The van der Waals surface area contributed by atoms with E-state index in [-0.39, 0.29) is 24.3 Å². The van der Waals surface area contributed by atoms with Crippen molar-refractivity contribution in [2.45, 2.75) is 56.8 Å². The number of rotatable bonds is 11. The van der Waals surface area contributed by atoms with Gasteiger partial charge in [-0.1, -0.05) is 30.3 Å². The molecule has 1 spiro atoms. The van der Waals surface area contributed by atoms with Crippen LogP contribution in [0.2, 0.25) is 0 Å². The molecule has 3 aromatic rings. The number of likely N-dealkylation sites (tertiary alicyclic amines) is 1. The number of nitrogens with zero attached hydrogens (tertiary/aromatic N) is 1. The van der Waals surface area contributed by atoms with Gasteiger partial charge in [-0.15, -0.1) is 0 Å².